The van der Waals surface area contributed by atoms with E-state index in [1.807, 2.05) is 23.7 Å². The predicted molar refractivity (Wildman–Crippen MR) is 82.2 cm³/mol. The normalized spacial score (nSPS) is 12.2. The molecule has 0 radical (unpaired) electrons. The van der Waals surface area contributed by atoms with Gasteiger partial charge in [0.05, 0.1) is 23.0 Å². The van der Waals surface area contributed by atoms with E-state index in [9.17, 15) is 4.79 Å². The van der Waals surface area contributed by atoms with Gasteiger partial charge in [-0.3, -0.25) is 9.48 Å². The molecule has 1 rings (SSSR count). The Labute approximate surface area is 122 Å². The molecule has 5 nitrogen and oxygen atoms in total. The maximum atomic E-state index is 12.3. The molecule has 0 aliphatic rings. The highest BCUT2D eigenvalue weighted by Gasteiger charge is 2.25. The van der Waals surface area contributed by atoms with Crippen molar-refractivity contribution < 1.29 is 4.79 Å². The van der Waals surface area contributed by atoms with Crippen molar-refractivity contribution >= 4 is 5.91 Å². The molecule has 0 bridgehead atoms. The molecular weight excluding hydrogens is 252 g/mol. The molecule has 1 amide bonds. The van der Waals surface area contributed by atoms with Crippen LogP contribution >= 0.6 is 0 Å². The number of likely N-dealkylation sites (N-methyl/N-ethyl adjacent to an activating group) is 1. The van der Waals surface area contributed by atoms with Gasteiger partial charge in [-0.05, 0) is 40.8 Å². The van der Waals surface area contributed by atoms with Crippen LogP contribution in [0.4, 0.5) is 0 Å². The predicted octanol–water partition coefficient (Wildman–Crippen LogP) is 2.05. The number of amides is 1. The molecule has 114 valence electrons. The fraction of sp³-hybridized carbons (Fsp3) is 0.733. The average Bonchev–Trinajstić information content (AvgIpc) is 2.72. The number of hydrogen-bond donors (Lipinski definition) is 1. The largest absolute Gasteiger partial charge is 0.351 e. The fourth-order valence-corrected chi connectivity index (χ4v) is 2.11. The third-order valence-electron chi connectivity index (χ3n) is 3.08. The van der Waals surface area contributed by atoms with Crippen molar-refractivity contribution in [2.24, 2.45) is 0 Å². The van der Waals surface area contributed by atoms with Crippen LogP contribution < -0.4 is 5.32 Å². The van der Waals surface area contributed by atoms with Crippen LogP contribution in [0.2, 0.25) is 0 Å². The number of rotatable bonds is 5. The molecule has 0 saturated heterocycles. The number of aromatic nitrogens is 2. The highest BCUT2D eigenvalue weighted by atomic mass is 16.1. The summed E-state index contributed by atoms with van der Waals surface area (Å²) in [4.78, 5) is 14.4. The summed E-state index contributed by atoms with van der Waals surface area (Å²) in [5.74, 6) is 0.220. The summed E-state index contributed by atoms with van der Waals surface area (Å²) in [7, 11) is 3.98. The Morgan fingerprint density at radius 1 is 1.40 bits per heavy atom. The second-order valence-electron chi connectivity index (χ2n) is 6.74. The van der Waals surface area contributed by atoms with Crippen molar-refractivity contribution in [2.75, 3.05) is 27.2 Å². The Kier molecular flexibility index (Phi) is 5.34. The maximum absolute atomic E-state index is 12.3. The van der Waals surface area contributed by atoms with E-state index in [0.29, 0.717) is 12.1 Å². The summed E-state index contributed by atoms with van der Waals surface area (Å²) in [5, 5.41) is 7.37. The summed E-state index contributed by atoms with van der Waals surface area (Å²) in [6, 6.07) is 0. The van der Waals surface area contributed by atoms with Crippen molar-refractivity contribution in [3.8, 4) is 0 Å². The molecule has 0 aliphatic carbocycles. The molecule has 0 aromatic carbocycles. The molecule has 20 heavy (non-hydrogen) atoms. The summed E-state index contributed by atoms with van der Waals surface area (Å²) in [5.41, 5.74) is 1.57. The van der Waals surface area contributed by atoms with Crippen LogP contribution in [0, 0.1) is 0 Å². The van der Waals surface area contributed by atoms with E-state index in [1.165, 1.54) is 0 Å². The smallest absolute Gasteiger partial charge is 0.254 e. The molecule has 0 saturated carbocycles. The highest BCUT2D eigenvalue weighted by molar-refractivity contribution is 5.95. The first-order valence-electron chi connectivity index (χ1n) is 7.16. The lowest BCUT2D eigenvalue weighted by Crippen LogP contribution is -2.32. The first-order chi connectivity index (χ1) is 9.14. The number of carbonyl (C=O) groups is 1. The van der Waals surface area contributed by atoms with Crippen LogP contribution in [0.25, 0.3) is 0 Å². The molecule has 5 heteroatoms. The topological polar surface area (TPSA) is 50.2 Å². The minimum Gasteiger partial charge on any atom is -0.351 e. The number of nitrogens with one attached hydrogen (secondary N) is 1. The fourth-order valence-electron chi connectivity index (χ4n) is 2.11. The van der Waals surface area contributed by atoms with Crippen molar-refractivity contribution in [3.05, 3.63) is 17.5 Å². The maximum Gasteiger partial charge on any atom is 0.254 e. The molecule has 1 aromatic heterocycles. The van der Waals surface area contributed by atoms with E-state index in [1.54, 1.807) is 6.20 Å². The zero-order valence-corrected chi connectivity index (χ0v) is 13.8. The molecule has 0 aliphatic heterocycles. The van der Waals surface area contributed by atoms with Gasteiger partial charge in [-0.15, -0.1) is 0 Å². The molecule has 1 aromatic rings. The summed E-state index contributed by atoms with van der Waals surface area (Å²) < 4.78 is 1.96. The third kappa shape index (κ3) is 4.07. The van der Waals surface area contributed by atoms with Crippen LogP contribution in [0.15, 0.2) is 6.20 Å². The van der Waals surface area contributed by atoms with E-state index in [0.717, 1.165) is 12.2 Å². The average molecular weight is 280 g/mol. The third-order valence-corrected chi connectivity index (χ3v) is 3.08. The Morgan fingerprint density at radius 2 is 2.00 bits per heavy atom. The van der Waals surface area contributed by atoms with Gasteiger partial charge in [0.25, 0.3) is 5.91 Å². The summed E-state index contributed by atoms with van der Waals surface area (Å²) >= 11 is 0. The van der Waals surface area contributed by atoms with Gasteiger partial charge in [0, 0.05) is 13.1 Å². The molecule has 1 N–H and O–H groups in total. The Hall–Kier alpha value is -1.36. The monoisotopic (exact) mass is 280 g/mol. The molecule has 0 unspecified atom stereocenters. The second-order valence-corrected chi connectivity index (χ2v) is 6.74. The van der Waals surface area contributed by atoms with Gasteiger partial charge in [-0.25, -0.2) is 0 Å². The highest BCUT2D eigenvalue weighted by Crippen LogP contribution is 2.25. The number of carbonyl (C=O) groups excluding carboxylic acids is 1. The quantitative estimate of drug-likeness (QED) is 0.898. The number of nitrogens with zero attached hydrogens (tertiary/aromatic N) is 3. The molecular formula is C15H28N4O. The van der Waals surface area contributed by atoms with Gasteiger partial charge >= 0.3 is 0 Å². The van der Waals surface area contributed by atoms with Crippen LogP contribution in [0.5, 0.6) is 0 Å². The van der Waals surface area contributed by atoms with Gasteiger partial charge < -0.3 is 10.2 Å². The first-order valence-corrected chi connectivity index (χ1v) is 7.16. The van der Waals surface area contributed by atoms with Crippen molar-refractivity contribution in [3.63, 3.8) is 0 Å². The van der Waals surface area contributed by atoms with Crippen LogP contribution in [0.3, 0.4) is 0 Å². The van der Waals surface area contributed by atoms with E-state index in [-0.39, 0.29) is 17.4 Å². The van der Waals surface area contributed by atoms with Crippen molar-refractivity contribution in [1.82, 2.24) is 20.0 Å². The summed E-state index contributed by atoms with van der Waals surface area (Å²) in [6.07, 6.45) is 1.69. The SMILES string of the molecule is CC(C)c1c(C(=O)NCCN(C)C)cnn1C(C)(C)C. The van der Waals surface area contributed by atoms with Crippen LogP contribution in [-0.4, -0.2) is 47.8 Å². The van der Waals surface area contributed by atoms with Gasteiger partial charge in [-0.1, -0.05) is 13.8 Å². The van der Waals surface area contributed by atoms with Gasteiger partial charge in [0.1, 0.15) is 0 Å². The minimum absolute atomic E-state index is 0.0361. The molecule has 1 heterocycles. The lowest BCUT2D eigenvalue weighted by Gasteiger charge is -2.24. The van der Waals surface area contributed by atoms with E-state index in [4.69, 9.17) is 0 Å². The zero-order chi connectivity index (χ0) is 15.5. The zero-order valence-electron chi connectivity index (χ0n) is 13.8. The lowest BCUT2D eigenvalue weighted by molar-refractivity contribution is 0.0949. The van der Waals surface area contributed by atoms with Gasteiger partial charge in [0.15, 0.2) is 0 Å². The van der Waals surface area contributed by atoms with Crippen molar-refractivity contribution in [1.29, 1.82) is 0 Å². The van der Waals surface area contributed by atoms with Gasteiger partial charge in [-0.2, -0.15) is 5.10 Å². The van der Waals surface area contributed by atoms with E-state index in [2.05, 4.69) is 45.0 Å². The minimum atomic E-state index is -0.123. The molecule has 0 atom stereocenters. The first kappa shape index (κ1) is 16.7. The molecule has 0 fully saturated rings. The lowest BCUT2D eigenvalue weighted by atomic mass is 10.0. The van der Waals surface area contributed by atoms with Crippen LogP contribution in [-0.2, 0) is 5.54 Å². The van der Waals surface area contributed by atoms with E-state index >= 15 is 0 Å². The Balaban J connectivity index is 2.95. The Morgan fingerprint density at radius 3 is 2.45 bits per heavy atom. The standard InChI is InChI=1S/C15H28N4O/c1-11(2)13-12(10-17-19(13)15(3,4)5)14(20)16-8-9-18(6)7/h10-11H,8-9H2,1-7H3,(H,16,20). The second kappa shape index (κ2) is 6.39. The Bertz CT molecular complexity index is 455. The van der Waals surface area contributed by atoms with Gasteiger partial charge in [0.2, 0.25) is 0 Å². The number of hydrogen-bond acceptors (Lipinski definition) is 3. The summed E-state index contributed by atoms with van der Waals surface area (Å²) in [6.45, 7) is 11.9. The van der Waals surface area contributed by atoms with Crippen molar-refractivity contribution in [2.45, 2.75) is 46.1 Å². The van der Waals surface area contributed by atoms with Crippen LogP contribution in [0.1, 0.15) is 56.6 Å². The van der Waals surface area contributed by atoms with E-state index < -0.39 is 0 Å². The molecule has 0 spiro atoms.